The largest absolute Gasteiger partial charge is 0.508 e. The maximum absolute atomic E-state index is 12.0. The lowest BCUT2D eigenvalue weighted by molar-refractivity contribution is 0.102. The Morgan fingerprint density at radius 1 is 1.58 bits per heavy atom. The van der Waals surface area contributed by atoms with Crippen LogP contribution in [0.3, 0.4) is 0 Å². The van der Waals surface area contributed by atoms with Gasteiger partial charge in [0.05, 0.1) is 16.8 Å². The lowest BCUT2D eigenvalue weighted by Gasteiger charge is -2.07. The van der Waals surface area contributed by atoms with E-state index >= 15 is 0 Å². The van der Waals surface area contributed by atoms with Crippen molar-refractivity contribution in [2.45, 2.75) is 0 Å². The summed E-state index contributed by atoms with van der Waals surface area (Å²) < 4.78 is 1.37. The molecule has 0 saturated carbocycles. The highest BCUT2D eigenvalue weighted by molar-refractivity contribution is 6.34. The Kier molecular flexibility index (Phi) is 3.40. The molecule has 0 spiro atoms. The van der Waals surface area contributed by atoms with E-state index in [0.717, 1.165) is 0 Å². The third kappa shape index (κ3) is 2.51. The van der Waals surface area contributed by atoms with E-state index < -0.39 is 5.91 Å². The average molecular weight is 277 g/mol. The molecular weight excluding hydrogens is 268 g/mol. The molecule has 0 saturated heterocycles. The molecule has 2 rings (SSSR count). The maximum atomic E-state index is 12.0. The second kappa shape index (κ2) is 5.00. The lowest BCUT2D eigenvalue weighted by Crippen LogP contribution is -2.15. The van der Waals surface area contributed by atoms with E-state index in [4.69, 9.17) is 16.9 Å². The molecule has 0 unspecified atom stereocenters. The van der Waals surface area contributed by atoms with Crippen LogP contribution in [0, 0.1) is 11.3 Å². The molecule has 19 heavy (non-hydrogen) atoms. The lowest BCUT2D eigenvalue weighted by atomic mass is 10.2. The van der Waals surface area contributed by atoms with Crippen molar-refractivity contribution in [3.8, 4) is 11.8 Å². The van der Waals surface area contributed by atoms with Crippen LogP contribution < -0.4 is 5.32 Å². The minimum absolute atomic E-state index is 0.0694. The minimum atomic E-state index is -0.527. The highest BCUT2D eigenvalue weighted by Gasteiger charge is 2.16. The molecule has 0 fully saturated rings. The topological polar surface area (TPSA) is 90.9 Å². The van der Waals surface area contributed by atoms with Crippen molar-refractivity contribution in [3.05, 3.63) is 40.5 Å². The predicted molar refractivity (Wildman–Crippen MR) is 69.0 cm³/mol. The Morgan fingerprint density at radius 3 is 3.00 bits per heavy atom. The molecule has 1 aromatic heterocycles. The highest BCUT2D eigenvalue weighted by Crippen LogP contribution is 2.23. The summed E-state index contributed by atoms with van der Waals surface area (Å²) in [6.45, 7) is 0. The van der Waals surface area contributed by atoms with Gasteiger partial charge in [0.2, 0.25) is 0 Å². The monoisotopic (exact) mass is 276 g/mol. The molecular formula is C12H9ClN4O2. The number of aromatic nitrogens is 2. The summed E-state index contributed by atoms with van der Waals surface area (Å²) in [4.78, 5) is 12.0. The van der Waals surface area contributed by atoms with Crippen molar-refractivity contribution in [2.24, 2.45) is 7.05 Å². The summed E-state index contributed by atoms with van der Waals surface area (Å²) >= 11 is 5.89. The molecule has 2 N–H and O–H groups in total. The van der Waals surface area contributed by atoms with Crippen molar-refractivity contribution < 1.29 is 9.90 Å². The number of carbonyl (C=O) groups is 1. The summed E-state index contributed by atoms with van der Waals surface area (Å²) in [5, 5.41) is 24.9. The first kappa shape index (κ1) is 12.9. The number of benzene rings is 1. The van der Waals surface area contributed by atoms with Gasteiger partial charge in [0.1, 0.15) is 23.2 Å². The summed E-state index contributed by atoms with van der Waals surface area (Å²) in [5.74, 6) is -0.326. The van der Waals surface area contributed by atoms with E-state index in [1.54, 1.807) is 7.05 Å². The summed E-state index contributed by atoms with van der Waals surface area (Å²) in [6, 6.07) is 5.96. The first-order valence-electron chi connectivity index (χ1n) is 5.25. The summed E-state index contributed by atoms with van der Waals surface area (Å²) in [6.07, 6.45) is 1.35. The fraction of sp³-hybridized carbons (Fsp3) is 0.0833. The van der Waals surface area contributed by atoms with Crippen LogP contribution in [0.1, 0.15) is 15.9 Å². The fourth-order valence-electron chi connectivity index (χ4n) is 1.53. The number of amides is 1. The van der Waals surface area contributed by atoms with Crippen LogP contribution in [0.15, 0.2) is 24.4 Å². The Balaban J connectivity index is 2.34. The summed E-state index contributed by atoms with van der Waals surface area (Å²) in [7, 11) is 1.60. The van der Waals surface area contributed by atoms with Crippen LogP contribution >= 0.6 is 11.6 Å². The standard InChI is InChI=1S/C12H9ClN4O2/c1-17-11(7(5-14)6-15-17)16-12(19)9-4-8(18)2-3-10(9)13/h2-4,6,18H,1H3,(H,16,19). The number of anilines is 1. The molecule has 0 aliphatic rings. The molecule has 0 aliphatic carbocycles. The molecule has 0 bridgehead atoms. The Hall–Kier alpha value is -2.52. The number of nitriles is 1. The number of nitrogens with zero attached hydrogens (tertiary/aromatic N) is 3. The molecule has 0 radical (unpaired) electrons. The molecule has 1 heterocycles. The van der Waals surface area contributed by atoms with Gasteiger partial charge in [-0.15, -0.1) is 0 Å². The quantitative estimate of drug-likeness (QED) is 0.876. The Bertz CT molecular complexity index is 688. The van der Waals surface area contributed by atoms with E-state index in [1.165, 1.54) is 29.1 Å². The third-order valence-corrected chi connectivity index (χ3v) is 2.82. The highest BCUT2D eigenvalue weighted by atomic mass is 35.5. The number of nitrogens with one attached hydrogen (secondary N) is 1. The van der Waals surface area contributed by atoms with Crippen LogP contribution in [0.25, 0.3) is 0 Å². The second-order valence-corrected chi connectivity index (χ2v) is 4.17. The van der Waals surface area contributed by atoms with Gasteiger partial charge in [-0.1, -0.05) is 11.6 Å². The molecule has 1 aromatic carbocycles. The van der Waals surface area contributed by atoms with Gasteiger partial charge in [-0.3, -0.25) is 9.48 Å². The minimum Gasteiger partial charge on any atom is -0.508 e. The molecule has 7 heteroatoms. The van der Waals surface area contributed by atoms with Crippen molar-refractivity contribution in [2.75, 3.05) is 5.32 Å². The van der Waals surface area contributed by atoms with Crippen LogP contribution in [0.2, 0.25) is 5.02 Å². The Morgan fingerprint density at radius 2 is 2.32 bits per heavy atom. The molecule has 0 aliphatic heterocycles. The van der Waals surface area contributed by atoms with Gasteiger partial charge < -0.3 is 10.4 Å². The summed E-state index contributed by atoms with van der Waals surface area (Å²) in [5.41, 5.74) is 0.360. The number of phenols is 1. The first-order valence-corrected chi connectivity index (χ1v) is 5.62. The van der Waals surface area contributed by atoms with Gasteiger partial charge in [0.15, 0.2) is 0 Å². The number of rotatable bonds is 2. The average Bonchev–Trinajstić information content (AvgIpc) is 2.73. The van der Waals surface area contributed by atoms with Gasteiger partial charge in [-0.25, -0.2) is 0 Å². The number of halogens is 1. The van der Waals surface area contributed by atoms with Gasteiger partial charge in [-0.05, 0) is 18.2 Å². The third-order valence-electron chi connectivity index (χ3n) is 2.49. The normalized spacial score (nSPS) is 9.95. The number of hydrogen-bond acceptors (Lipinski definition) is 4. The van der Waals surface area contributed by atoms with E-state index in [1.807, 2.05) is 6.07 Å². The smallest absolute Gasteiger partial charge is 0.258 e. The van der Waals surface area contributed by atoms with Crippen molar-refractivity contribution >= 4 is 23.3 Å². The van der Waals surface area contributed by atoms with Crippen LogP contribution in [-0.4, -0.2) is 20.8 Å². The van der Waals surface area contributed by atoms with Crippen LogP contribution in [-0.2, 0) is 7.05 Å². The number of aromatic hydroxyl groups is 1. The Labute approximate surface area is 113 Å². The first-order chi connectivity index (χ1) is 9.02. The molecule has 0 atom stereocenters. The van der Waals surface area contributed by atoms with Crippen LogP contribution in [0.4, 0.5) is 5.82 Å². The van der Waals surface area contributed by atoms with Crippen LogP contribution in [0.5, 0.6) is 5.75 Å². The molecule has 1 amide bonds. The van der Waals surface area contributed by atoms with Gasteiger partial charge >= 0.3 is 0 Å². The SMILES string of the molecule is Cn1ncc(C#N)c1NC(=O)c1cc(O)ccc1Cl. The van der Waals surface area contributed by atoms with Gasteiger partial charge in [0.25, 0.3) is 5.91 Å². The van der Waals surface area contributed by atoms with E-state index in [2.05, 4.69) is 10.4 Å². The predicted octanol–water partition coefficient (Wildman–Crippen LogP) is 1.90. The molecule has 6 nitrogen and oxygen atoms in total. The van der Waals surface area contributed by atoms with E-state index in [-0.39, 0.29) is 27.7 Å². The molecule has 2 aromatic rings. The maximum Gasteiger partial charge on any atom is 0.258 e. The second-order valence-electron chi connectivity index (χ2n) is 3.76. The number of carbonyl (C=O) groups excluding carboxylic acids is 1. The van der Waals surface area contributed by atoms with Crippen molar-refractivity contribution in [3.63, 3.8) is 0 Å². The van der Waals surface area contributed by atoms with E-state index in [9.17, 15) is 9.90 Å². The number of phenolic OH excluding ortho intramolecular Hbond substituents is 1. The number of hydrogen-bond donors (Lipinski definition) is 2. The van der Waals surface area contributed by atoms with Gasteiger partial charge in [-0.2, -0.15) is 10.4 Å². The van der Waals surface area contributed by atoms with E-state index in [0.29, 0.717) is 0 Å². The van der Waals surface area contributed by atoms with Crippen molar-refractivity contribution in [1.82, 2.24) is 9.78 Å². The van der Waals surface area contributed by atoms with Gasteiger partial charge in [0, 0.05) is 7.05 Å². The molecule has 96 valence electrons. The fourth-order valence-corrected chi connectivity index (χ4v) is 1.73. The zero-order valence-corrected chi connectivity index (χ0v) is 10.6. The zero-order valence-electron chi connectivity index (χ0n) is 9.88. The zero-order chi connectivity index (χ0) is 14.0. The van der Waals surface area contributed by atoms with Crippen molar-refractivity contribution in [1.29, 1.82) is 5.26 Å². The number of aryl methyl sites for hydroxylation is 1.